The average Bonchev–Trinajstić information content (AvgIpc) is 3.18. The van der Waals surface area contributed by atoms with Crippen molar-refractivity contribution in [2.24, 2.45) is 0 Å². The highest BCUT2D eigenvalue weighted by Gasteiger charge is 2.52. The van der Waals surface area contributed by atoms with Gasteiger partial charge < -0.3 is 14.6 Å². The van der Waals surface area contributed by atoms with Crippen LogP contribution in [0.2, 0.25) is 0 Å². The number of fused-ring (bicyclic) bond motifs is 1. The summed E-state index contributed by atoms with van der Waals surface area (Å²) in [6.45, 7) is 1.15. The summed E-state index contributed by atoms with van der Waals surface area (Å²) < 4.78 is 0. The van der Waals surface area contributed by atoms with Gasteiger partial charge in [0.15, 0.2) is 0 Å². The molecular formula is C20H20N2O2S. The number of nitrogens with zero attached hydrogens (tertiary/aromatic N) is 2. The first-order chi connectivity index (χ1) is 12.3. The van der Waals surface area contributed by atoms with Crippen molar-refractivity contribution in [1.29, 1.82) is 0 Å². The summed E-state index contributed by atoms with van der Waals surface area (Å²) in [5.41, 5.74) is 2.22. The van der Waals surface area contributed by atoms with E-state index in [1.807, 2.05) is 70.5 Å². The molecule has 2 aromatic rings. The van der Waals surface area contributed by atoms with Crippen LogP contribution in [0.15, 0.2) is 60.7 Å². The molecule has 2 aromatic carbocycles. The van der Waals surface area contributed by atoms with Gasteiger partial charge in [0.1, 0.15) is 6.29 Å². The summed E-state index contributed by atoms with van der Waals surface area (Å²) in [7, 11) is 0. The van der Waals surface area contributed by atoms with Crippen molar-refractivity contribution in [3.05, 3.63) is 71.8 Å². The van der Waals surface area contributed by atoms with Crippen LogP contribution < -0.4 is 0 Å². The van der Waals surface area contributed by atoms with Crippen LogP contribution in [0.4, 0.5) is 4.79 Å². The Morgan fingerprint density at radius 3 is 2.04 bits per heavy atom. The second-order valence-electron chi connectivity index (χ2n) is 6.50. The van der Waals surface area contributed by atoms with Crippen molar-refractivity contribution < 1.29 is 9.59 Å². The average molecular weight is 352 g/mol. The first-order valence-corrected chi connectivity index (χ1v) is 9.55. The van der Waals surface area contributed by atoms with Crippen LogP contribution in [0.5, 0.6) is 0 Å². The first-order valence-electron chi connectivity index (χ1n) is 8.50. The lowest BCUT2D eigenvalue weighted by atomic mass is 10.1. The Morgan fingerprint density at radius 1 is 0.920 bits per heavy atom. The van der Waals surface area contributed by atoms with Crippen molar-refractivity contribution in [3.63, 3.8) is 0 Å². The maximum atomic E-state index is 13.1. The highest BCUT2D eigenvalue weighted by Crippen LogP contribution is 2.40. The molecule has 0 aromatic heterocycles. The van der Waals surface area contributed by atoms with Gasteiger partial charge in [0.25, 0.3) is 0 Å². The Balaban J connectivity index is 1.61. The van der Waals surface area contributed by atoms with Gasteiger partial charge in [-0.1, -0.05) is 60.7 Å². The highest BCUT2D eigenvalue weighted by molar-refractivity contribution is 8.00. The number of aldehydes is 1. The molecule has 2 saturated heterocycles. The van der Waals surface area contributed by atoms with Gasteiger partial charge in [-0.2, -0.15) is 0 Å². The van der Waals surface area contributed by atoms with Crippen LogP contribution >= 0.6 is 11.8 Å². The number of hydrogen-bond donors (Lipinski definition) is 0. The number of hydrogen-bond acceptors (Lipinski definition) is 3. The molecule has 5 heteroatoms. The predicted octanol–water partition coefficient (Wildman–Crippen LogP) is 3.18. The van der Waals surface area contributed by atoms with Crippen LogP contribution in [0.25, 0.3) is 0 Å². The fourth-order valence-corrected chi connectivity index (χ4v) is 5.16. The second kappa shape index (κ2) is 6.92. The van der Waals surface area contributed by atoms with E-state index in [0.717, 1.165) is 23.2 Å². The van der Waals surface area contributed by atoms with E-state index in [9.17, 15) is 9.59 Å². The van der Waals surface area contributed by atoms with E-state index >= 15 is 0 Å². The SMILES string of the molecule is O=CC1SCC2C1N(Cc1ccccc1)C(=O)N2Cc1ccccc1. The molecule has 0 spiro atoms. The minimum atomic E-state index is -0.140. The molecule has 0 saturated carbocycles. The lowest BCUT2D eigenvalue weighted by Gasteiger charge is -2.24. The normalized spacial score (nSPS) is 25.3. The molecule has 2 fully saturated rings. The van der Waals surface area contributed by atoms with Gasteiger partial charge in [0, 0.05) is 18.8 Å². The van der Waals surface area contributed by atoms with E-state index in [1.54, 1.807) is 11.8 Å². The summed E-state index contributed by atoms with van der Waals surface area (Å²) in [5.74, 6) is 0.817. The molecule has 2 aliphatic rings. The van der Waals surface area contributed by atoms with Crippen LogP contribution in [0.3, 0.4) is 0 Å². The summed E-state index contributed by atoms with van der Waals surface area (Å²) in [5, 5.41) is -0.140. The molecule has 2 heterocycles. The van der Waals surface area contributed by atoms with Gasteiger partial charge >= 0.3 is 6.03 Å². The van der Waals surface area contributed by atoms with Crippen LogP contribution in [0, 0.1) is 0 Å². The molecule has 0 aliphatic carbocycles. The monoisotopic (exact) mass is 352 g/mol. The van der Waals surface area contributed by atoms with Crippen LogP contribution in [-0.2, 0) is 17.9 Å². The Bertz CT molecular complexity index is 753. The third kappa shape index (κ3) is 3.04. The predicted molar refractivity (Wildman–Crippen MR) is 99.3 cm³/mol. The van der Waals surface area contributed by atoms with E-state index in [-0.39, 0.29) is 23.4 Å². The zero-order valence-corrected chi connectivity index (χ0v) is 14.6. The number of urea groups is 1. The third-order valence-electron chi connectivity index (χ3n) is 4.97. The molecule has 25 heavy (non-hydrogen) atoms. The molecule has 4 rings (SSSR count). The Morgan fingerprint density at radius 2 is 1.48 bits per heavy atom. The first kappa shape index (κ1) is 16.2. The molecule has 3 atom stereocenters. The van der Waals surface area contributed by atoms with Crippen LogP contribution in [0.1, 0.15) is 11.1 Å². The molecule has 2 amide bonds. The highest BCUT2D eigenvalue weighted by atomic mass is 32.2. The van der Waals surface area contributed by atoms with E-state index in [0.29, 0.717) is 13.1 Å². The minimum Gasteiger partial charge on any atom is -0.314 e. The van der Waals surface area contributed by atoms with E-state index in [4.69, 9.17) is 0 Å². The third-order valence-corrected chi connectivity index (χ3v) is 6.28. The smallest absolute Gasteiger partial charge is 0.314 e. The van der Waals surface area contributed by atoms with Crippen molar-refractivity contribution in [2.75, 3.05) is 5.75 Å². The number of thioether (sulfide) groups is 1. The van der Waals surface area contributed by atoms with Crippen molar-refractivity contribution >= 4 is 24.1 Å². The Labute approximate surface area is 151 Å². The standard InChI is InChI=1S/C20H20N2O2S/c23-13-18-19-17(14-25-18)21(11-15-7-3-1-4-8-15)20(24)22(19)12-16-9-5-2-6-10-16/h1-10,13,17-19H,11-12,14H2. The van der Waals surface area contributed by atoms with E-state index in [2.05, 4.69) is 0 Å². The fraction of sp³-hybridized carbons (Fsp3) is 0.300. The van der Waals surface area contributed by atoms with Crippen LogP contribution in [-0.4, -0.2) is 45.2 Å². The molecule has 128 valence electrons. The zero-order chi connectivity index (χ0) is 17.2. The van der Waals surface area contributed by atoms with E-state index < -0.39 is 0 Å². The summed E-state index contributed by atoms with van der Waals surface area (Å²) in [6.07, 6.45) is 1.01. The quantitative estimate of drug-likeness (QED) is 0.613. The number of amides is 2. The van der Waals surface area contributed by atoms with Crippen molar-refractivity contribution in [2.45, 2.75) is 30.4 Å². The number of carbonyl (C=O) groups excluding carboxylic acids is 2. The van der Waals surface area contributed by atoms with Gasteiger partial charge in [0.05, 0.1) is 17.3 Å². The zero-order valence-electron chi connectivity index (χ0n) is 13.8. The van der Waals surface area contributed by atoms with E-state index in [1.165, 1.54) is 0 Å². The Kier molecular flexibility index (Phi) is 4.49. The largest absolute Gasteiger partial charge is 0.321 e. The fourth-order valence-electron chi connectivity index (χ4n) is 3.76. The minimum absolute atomic E-state index is 0.0369. The summed E-state index contributed by atoms with van der Waals surface area (Å²) in [6, 6.07) is 20.1. The molecule has 3 unspecified atom stereocenters. The maximum absolute atomic E-state index is 13.1. The van der Waals surface area contributed by atoms with Crippen molar-refractivity contribution in [1.82, 2.24) is 9.80 Å². The van der Waals surface area contributed by atoms with Gasteiger partial charge in [-0.3, -0.25) is 0 Å². The van der Waals surface area contributed by atoms with Gasteiger partial charge in [-0.05, 0) is 11.1 Å². The van der Waals surface area contributed by atoms with Gasteiger partial charge in [-0.15, -0.1) is 11.8 Å². The molecule has 4 nitrogen and oxygen atoms in total. The topological polar surface area (TPSA) is 40.6 Å². The molecule has 2 aliphatic heterocycles. The van der Waals surface area contributed by atoms with Crippen molar-refractivity contribution in [3.8, 4) is 0 Å². The summed E-state index contributed by atoms with van der Waals surface area (Å²) >= 11 is 1.66. The number of rotatable bonds is 5. The molecule has 0 bridgehead atoms. The maximum Gasteiger partial charge on any atom is 0.321 e. The van der Waals surface area contributed by atoms with Gasteiger partial charge in [0.2, 0.25) is 0 Å². The van der Waals surface area contributed by atoms with Gasteiger partial charge in [-0.25, -0.2) is 4.79 Å². The summed E-state index contributed by atoms with van der Waals surface area (Å²) in [4.78, 5) is 28.5. The number of carbonyl (C=O) groups is 2. The molecule has 0 radical (unpaired) electrons. The lowest BCUT2D eigenvalue weighted by molar-refractivity contribution is -0.108. The molecule has 0 N–H and O–H groups in total. The lowest BCUT2D eigenvalue weighted by Crippen LogP contribution is -2.41. The Hall–Kier alpha value is -2.27. The number of benzene rings is 2. The second-order valence-corrected chi connectivity index (χ2v) is 7.71. The molecular weight excluding hydrogens is 332 g/mol.